The zero-order chi connectivity index (χ0) is 10.4. The number of anilines is 3. The SMILES string of the molecule is CCNc1nc(NN)nc(NCC)n1. The van der Waals surface area contributed by atoms with Crippen LogP contribution in [0.5, 0.6) is 0 Å². The van der Waals surface area contributed by atoms with Gasteiger partial charge in [0.1, 0.15) is 0 Å². The molecule has 1 rings (SSSR count). The van der Waals surface area contributed by atoms with Crippen molar-refractivity contribution in [2.24, 2.45) is 5.84 Å². The maximum absolute atomic E-state index is 5.22. The van der Waals surface area contributed by atoms with Gasteiger partial charge in [-0.05, 0) is 13.8 Å². The predicted octanol–water partition coefficient (Wildman–Crippen LogP) is 0.0208. The van der Waals surface area contributed by atoms with Gasteiger partial charge in [0.05, 0.1) is 0 Å². The first-order chi connectivity index (χ1) is 6.80. The van der Waals surface area contributed by atoms with Crippen LogP contribution in [0.1, 0.15) is 13.8 Å². The van der Waals surface area contributed by atoms with Crippen LogP contribution >= 0.6 is 0 Å². The van der Waals surface area contributed by atoms with E-state index in [1.165, 1.54) is 0 Å². The Morgan fingerprint density at radius 2 is 1.36 bits per heavy atom. The van der Waals surface area contributed by atoms with Crippen LogP contribution in [-0.2, 0) is 0 Å². The van der Waals surface area contributed by atoms with Crippen LogP contribution in [-0.4, -0.2) is 28.0 Å². The highest BCUT2D eigenvalue weighted by molar-refractivity contribution is 5.41. The van der Waals surface area contributed by atoms with Crippen molar-refractivity contribution in [3.63, 3.8) is 0 Å². The Kier molecular flexibility index (Phi) is 3.86. The number of hydrogen-bond acceptors (Lipinski definition) is 7. The van der Waals surface area contributed by atoms with E-state index < -0.39 is 0 Å². The second-order valence-electron chi connectivity index (χ2n) is 2.51. The average molecular weight is 197 g/mol. The molecular weight excluding hydrogens is 182 g/mol. The molecule has 78 valence electrons. The van der Waals surface area contributed by atoms with Gasteiger partial charge in [-0.3, -0.25) is 5.43 Å². The van der Waals surface area contributed by atoms with Gasteiger partial charge in [-0.1, -0.05) is 0 Å². The molecule has 1 aromatic heterocycles. The second kappa shape index (κ2) is 5.18. The molecular formula is C7H15N7. The first-order valence-electron chi connectivity index (χ1n) is 4.50. The monoisotopic (exact) mass is 197 g/mol. The molecule has 0 radical (unpaired) electrons. The molecule has 5 N–H and O–H groups in total. The molecule has 0 saturated carbocycles. The molecule has 1 aromatic rings. The van der Waals surface area contributed by atoms with Gasteiger partial charge in [-0.2, -0.15) is 15.0 Å². The summed E-state index contributed by atoms with van der Waals surface area (Å²) in [7, 11) is 0. The van der Waals surface area contributed by atoms with E-state index >= 15 is 0 Å². The molecule has 0 saturated heterocycles. The number of hydrazine groups is 1. The first kappa shape index (κ1) is 10.5. The van der Waals surface area contributed by atoms with Crippen molar-refractivity contribution in [2.75, 3.05) is 29.1 Å². The number of aromatic nitrogens is 3. The van der Waals surface area contributed by atoms with Gasteiger partial charge in [0.2, 0.25) is 17.8 Å². The Hall–Kier alpha value is -1.63. The van der Waals surface area contributed by atoms with Crippen molar-refractivity contribution in [3.05, 3.63) is 0 Å². The maximum atomic E-state index is 5.22. The van der Waals surface area contributed by atoms with Crippen molar-refractivity contribution >= 4 is 17.8 Å². The standard InChI is InChI=1S/C7H15N7/c1-3-9-5-11-6(10-4-2)13-7(12-5)14-8/h3-4,8H2,1-2H3,(H3,9,10,11,12,13,14). The topological polar surface area (TPSA) is 101 Å². The van der Waals surface area contributed by atoms with Crippen LogP contribution < -0.4 is 21.9 Å². The highest BCUT2D eigenvalue weighted by atomic mass is 15.3. The number of nitrogens with zero attached hydrogens (tertiary/aromatic N) is 3. The highest BCUT2D eigenvalue weighted by Crippen LogP contribution is 2.07. The van der Waals surface area contributed by atoms with Gasteiger partial charge in [0.25, 0.3) is 0 Å². The van der Waals surface area contributed by atoms with Crippen LogP contribution in [0.15, 0.2) is 0 Å². The van der Waals surface area contributed by atoms with Crippen molar-refractivity contribution in [2.45, 2.75) is 13.8 Å². The van der Waals surface area contributed by atoms with Gasteiger partial charge in [0.15, 0.2) is 0 Å². The lowest BCUT2D eigenvalue weighted by atomic mass is 10.7. The van der Waals surface area contributed by atoms with E-state index in [0.29, 0.717) is 17.8 Å². The van der Waals surface area contributed by atoms with Gasteiger partial charge in [-0.25, -0.2) is 5.84 Å². The number of nitrogen functional groups attached to an aromatic ring is 1. The molecule has 14 heavy (non-hydrogen) atoms. The summed E-state index contributed by atoms with van der Waals surface area (Å²) in [4.78, 5) is 12.1. The van der Waals surface area contributed by atoms with Crippen molar-refractivity contribution in [3.8, 4) is 0 Å². The Labute approximate surface area is 82.5 Å². The summed E-state index contributed by atoms with van der Waals surface area (Å²) in [5.74, 6) is 6.57. The summed E-state index contributed by atoms with van der Waals surface area (Å²) in [5.41, 5.74) is 2.38. The molecule has 0 atom stereocenters. The lowest BCUT2D eigenvalue weighted by Gasteiger charge is -2.07. The van der Waals surface area contributed by atoms with E-state index in [1.807, 2.05) is 13.8 Å². The number of rotatable bonds is 5. The molecule has 7 nitrogen and oxygen atoms in total. The van der Waals surface area contributed by atoms with Gasteiger partial charge in [0, 0.05) is 13.1 Å². The zero-order valence-electron chi connectivity index (χ0n) is 8.33. The molecule has 1 heterocycles. The fourth-order valence-corrected chi connectivity index (χ4v) is 0.915. The fourth-order valence-electron chi connectivity index (χ4n) is 0.915. The predicted molar refractivity (Wildman–Crippen MR) is 56.0 cm³/mol. The van der Waals surface area contributed by atoms with Gasteiger partial charge < -0.3 is 10.6 Å². The van der Waals surface area contributed by atoms with Crippen molar-refractivity contribution in [1.29, 1.82) is 0 Å². The lowest BCUT2D eigenvalue weighted by molar-refractivity contribution is 0.991. The van der Waals surface area contributed by atoms with Crippen LogP contribution in [0.4, 0.5) is 17.8 Å². The molecule has 7 heteroatoms. The van der Waals surface area contributed by atoms with Crippen LogP contribution in [0.3, 0.4) is 0 Å². The molecule has 0 unspecified atom stereocenters. The van der Waals surface area contributed by atoms with E-state index in [0.717, 1.165) is 13.1 Å². The fraction of sp³-hybridized carbons (Fsp3) is 0.571. The molecule has 0 aliphatic heterocycles. The van der Waals surface area contributed by atoms with Gasteiger partial charge in [-0.15, -0.1) is 0 Å². The maximum Gasteiger partial charge on any atom is 0.243 e. The quantitative estimate of drug-likeness (QED) is 0.390. The minimum atomic E-state index is 0.340. The van der Waals surface area contributed by atoms with Gasteiger partial charge >= 0.3 is 0 Å². The third-order valence-corrected chi connectivity index (χ3v) is 1.43. The Balaban J connectivity index is 2.88. The van der Waals surface area contributed by atoms with Crippen LogP contribution in [0.2, 0.25) is 0 Å². The van der Waals surface area contributed by atoms with E-state index in [-0.39, 0.29) is 0 Å². The third-order valence-electron chi connectivity index (χ3n) is 1.43. The summed E-state index contributed by atoms with van der Waals surface area (Å²) in [6, 6.07) is 0. The zero-order valence-corrected chi connectivity index (χ0v) is 8.33. The number of nitrogens with one attached hydrogen (secondary N) is 3. The summed E-state index contributed by atoms with van der Waals surface area (Å²) in [5, 5.41) is 5.97. The Morgan fingerprint density at radius 1 is 0.929 bits per heavy atom. The molecule has 0 aliphatic rings. The van der Waals surface area contributed by atoms with E-state index in [2.05, 4.69) is 31.0 Å². The number of hydrogen-bond donors (Lipinski definition) is 4. The molecule has 0 aromatic carbocycles. The van der Waals surface area contributed by atoms with E-state index in [1.54, 1.807) is 0 Å². The van der Waals surface area contributed by atoms with Crippen molar-refractivity contribution < 1.29 is 0 Å². The normalized spacial score (nSPS) is 9.64. The van der Waals surface area contributed by atoms with Crippen LogP contribution in [0.25, 0.3) is 0 Å². The summed E-state index contributed by atoms with van der Waals surface area (Å²) in [6.07, 6.45) is 0. The Morgan fingerprint density at radius 3 is 1.71 bits per heavy atom. The Bertz CT molecular complexity index is 263. The molecule has 0 amide bonds. The number of nitrogens with two attached hydrogens (primary N) is 1. The average Bonchev–Trinajstić information content (AvgIpc) is 2.18. The first-order valence-corrected chi connectivity index (χ1v) is 4.50. The summed E-state index contributed by atoms with van der Waals surface area (Å²) >= 11 is 0. The lowest BCUT2D eigenvalue weighted by Crippen LogP contribution is -2.15. The van der Waals surface area contributed by atoms with Crippen molar-refractivity contribution in [1.82, 2.24) is 15.0 Å². The molecule has 0 fully saturated rings. The summed E-state index contributed by atoms with van der Waals surface area (Å²) < 4.78 is 0. The second-order valence-corrected chi connectivity index (χ2v) is 2.51. The van der Waals surface area contributed by atoms with E-state index in [9.17, 15) is 0 Å². The smallest absolute Gasteiger partial charge is 0.243 e. The van der Waals surface area contributed by atoms with E-state index in [4.69, 9.17) is 5.84 Å². The molecule has 0 bridgehead atoms. The van der Waals surface area contributed by atoms with Crippen LogP contribution in [0, 0.1) is 0 Å². The molecule has 0 aliphatic carbocycles. The largest absolute Gasteiger partial charge is 0.354 e. The molecule has 0 spiro atoms. The minimum Gasteiger partial charge on any atom is -0.354 e. The summed E-state index contributed by atoms with van der Waals surface area (Å²) in [6.45, 7) is 5.43. The highest BCUT2D eigenvalue weighted by Gasteiger charge is 2.03. The third kappa shape index (κ3) is 2.70. The minimum absolute atomic E-state index is 0.340.